The van der Waals surface area contributed by atoms with Crippen molar-refractivity contribution in [3.8, 4) is 0 Å². The van der Waals surface area contributed by atoms with Crippen molar-refractivity contribution in [2.75, 3.05) is 74.6 Å². The van der Waals surface area contributed by atoms with E-state index in [4.69, 9.17) is 0 Å². The average Bonchev–Trinajstić information content (AvgIpc) is 2.76. The molecule has 0 atom stereocenters. The highest BCUT2D eigenvalue weighted by Gasteiger charge is 2.30. The molecule has 0 spiro atoms. The molecule has 0 amide bonds. The summed E-state index contributed by atoms with van der Waals surface area (Å²) in [6, 6.07) is 10.2. The summed E-state index contributed by atoms with van der Waals surface area (Å²) in [5, 5.41) is 13.9. The molecular weight excluding hydrogens is 372 g/mol. The number of nitrogens with zero attached hydrogens (tertiary/aromatic N) is 7. The summed E-state index contributed by atoms with van der Waals surface area (Å²) in [5.74, 6) is 0.643. The third-order valence-corrected chi connectivity index (χ3v) is 5.45. The van der Waals surface area contributed by atoms with Crippen LogP contribution in [0.1, 0.15) is 0 Å². The fourth-order valence-electron chi connectivity index (χ4n) is 3.73. The molecule has 4 rings (SSSR count). The molecule has 0 radical (unpaired) electrons. The fourth-order valence-corrected chi connectivity index (χ4v) is 3.73. The Hall–Kier alpha value is -2.98. The Morgan fingerprint density at radius 1 is 0.931 bits per heavy atom. The van der Waals surface area contributed by atoms with Crippen LogP contribution in [0.25, 0.3) is 0 Å². The zero-order valence-corrected chi connectivity index (χ0v) is 16.6. The van der Waals surface area contributed by atoms with Crippen molar-refractivity contribution in [1.29, 1.82) is 0 Å². The molecule has 2 saturated heterocycles. The average molecular weight is 398 g/mol. The van der Waals surface area contributed by atoms with Gasteiger partial charge in [0, 0.05) is 58.0 Å². The number of hydrazine groups is 1. The van der Waals surface area contributed by atoms with E-state index in [-0.39, 0.29) is 16.4 Å². The molecule has 10 heteroatoms. The van der Waals surface area contributed by atoms with Crippen molar-refractivity contribution in [2.45, 2.75) is 0 Å². The number of aromatic nitrogens is 2. The lowest BCUT2D eigenvalue weighted by Gasteiger charge is -2.36. The van der Waals surface area contributed by atoms with E-state index in [0.29, 0.717) is 18.9 Å². The van der Waals surface area contributed by atoms with E-state index in [1.54, 1.807) is 0 Å². The molecule has 10 nitrogen and oxygen atoms in total. The van der Waals surface area contributed by atoms with Gasteiger partial charge in [0.1, 0.15) is 6.33 Å². The van der Waals surface area contributed by atoms with Crippen molar-refractivity contribution in [1.82, 2.24) is 19.9 Å². The van der Waals surface area contributed by atoms with E-state index in [9.17, 15) is 10.1 Å². The second-order valence-corrected chi connectivity index (χ2v) is 7.36. The molecule has 2 aromatic rings. The summed E-state index contributed by atoms with van der Waals surface area (Å²) in [7, 11) is 2.07. The van der Waals surface area contributed by atoms with Crippen LogP contribution in [0, 0.1) is 10.1 Å². The summed E-state index contributed by atoms with van der Waals surface area (Å²) in [5.41, 5.74) is 4.25. The first-order valence-electron chi connectivity index (χ1n) is 9.86. The van der Waals surface area contributed by atoms with Gasteiger partial charge >= 0.3 is 5.69 Å². The van der Waals surface area contributed by atoms with Gasteiger partial charge in [0.05, 0.1) is 4.92 Å². The lowest BCUT2D eigenvalue weighted by atomic mass is 10.2. The standard InChI is InChI=1S/C19H26N8O2/c1-23-7-13-26(14-8-23)22-18-17(27(28)29)19(21-15-20-18)25-11-9-24(10-12-25)16-5-3-2-4-6-16/h2-6,15H,7-14H2,1H3,(H,20,21,22). The molecule has 0 unspecified atom stereocenters. The van der Waals surface area contributed by atoms with Gasteiger partial charge in [-0.25, -0.2) is 15.0 Å². The third-order valence-electron chi connectivity index (χ3n) is 5.45. The molecule has 3 heterocycles. The minimum absolute atomic E-state index is 0.0559. The second-order valence-electron chi connectivity index (χ2n) is 7.36. The van der Waals surface area contributed by atoms with E-state index in [1.807, 2.05) is 28.1 Å². The Labute approximate surface area is 169 Å². The topological polar surface area (TPSA) is 93.9 Å². The fraction of sp³-hybridized carbons (Fsp3) is 0.474. The summed E-state index contributed by atoms with van der Waals surface area (Å²) in [6.45, 7) is 6.27. The Morgan fingerprint density at radius 3 is 2.24 bits per heavy atom. The first-order chi connectivity index (χ1) is 14.1. The molecule has 2 fully saturated rings. The van der Waals surface area contributed by atoms with E-state index in [1.165, 1.54) is 12.0 Å². The predicted molar refractivity (Wildman–Crippen MR) is 112 cm³/mol. The molecule has 154 valence electrons. The van der Waals surface area contributed by atoms with Crippen LogP contribution in [-0.2, 0) is 0 Å². The highest BCUT2D eigenvalue weighted by molar-refractivity contribution is 5.70. The third kappa shape index (κ3) is 4.38. The number of hydrogen-bond donors (Lipinski definition) is 1. The number of nitrogens with one attached hydrogen (secondary N) is 1. The molecule has 0 bridgehead atoms. The van der Waals surface area contributed by atoms with E-state index >= 15 is 0 Å². The van der Waals surface area contributed by atoms with Crippen LogP contribution in [0.5, 0.6) is 0 Å². The summed E-state index contributed by atoms with van der Waals surface area (Å²) in [6.07, 6.45) is 1.41. The largest absolute Gasteiger partial charge is 0.368 e. The number of rotatable bonds is 5. The van der Waals surface area contributed by atoms with Gasteiger partial charge in [-0.1, -0.05) is 18.2 Å². The molecule has 29 heavy (non-hydrogen) atoms. The number of nitro groups is 1. The minimum Gasteiger partial charge on any atom is -0.368 e. The number of likely N-dealkylation sites (N-methyl/N-ethyl adjacent to an activating group) is 1. The Bertz CT molecular complexity index is 833. The van der Waals surface area contributed by atoms with Crippen LogP contribution in [0.3, 0.4) is 0 Å². The second kappa shape index (κ2) is 8.58. The lowest BCUT2D eigenvalue weighted by molar-refractivity contribution is -0.383. The van der Waals surface area contributed by atoms with Gasteiger partial charge in [0.2, 0.25) is 11.6 Å². The minimum atomic E-state index is -0.378. The maximum absolute atomic E-state index is 11.9. The Kier molecular flexibility index (Phi) is 5.72. The molecule has 2 aliphatic heterocycles. The van der Waals surface area contributed by atoms with E-state index in [0.717, 1.165) is 39.3 Å². The van der Waals surface area contributed by atoms with Crippen molar-refractivity contribution in [3.63, 3.8) is 0 Å². The van der Waals surface area contributed by atoms with Gasteiger partial charge in [-0.2, -0.15) is 0 Å². The quantitative estimate of drug-likeness (QED) is 0.590. The van der Waals surface area contributed by atoms with Crippen LogP contribution in [0.4, 0.5) is 23.0 Å². The van der Waals surface area contributed by atoms with Gasteiger partial charge in [-0.05, 0) is 19.2 Å². The van der Waals surface area contributed by atoms with Crippen molar-refractivity contribution < 1.29 is 4.92 Å². The number of hydrogen-bond acceptors (Lipinski definition) is 9. The monoisotopic (exact) mass is 398 g/mol. The van der Waals surface area contributed by atoms with Crippen LogP contribution in [-0.4, -0.2) is 84.2 Å². The molecule has 2 aliphatic rings. The first kappa shape index (κ1) is 19.3. The van der Waals surface area contributed by atoms with Gasteiger partial charge in [-0.3, -0.25) is 15.5 Å². The van der Waals surface area contributed by atoms with E-state index < -0.39 is 0 Å². The normalized spacial score (nSPS) is 18.7. The maximum Gasteiger partial charge on any atom is 0.354 e. The van der Waals surface area contributed by atoms with Crippen LogP contribution >= 0.6 is 0 Å². The van der Waals surface area contributed by atoms with Crippen LogP contribution in [0.2, 0.25) is 0 Å². The highest BCUT2D eigenvalue weighted by atomic mass is 16.6. The number of benzene rings is 1. The number of piperazine rings is 2. The Balaban J connectivity index is 1.49. The molecule has 1 aromatic carbocycles. The highest BCUT2D eigenvalue weighted by Crippen LogP contribution is 2.33. The molecule has 0 aliphatic carbocycles. The maximum atomic E-state index is 11.9. The van der Waals surface area contributed by atoms with Gasteiger partial charge < -0.3 is 14.7 Å². The zero-order valence-electron chi connectivity index (χ0n) is 16.6. The van der Waals surface area contributed by atoms with Crippen LogP contribution < -0.4 is 15.2 Å². The van der Waals surface area contributed by atoms with Crippen LogP contribution in [0.15, 0.2) is 36.7 Å². The first-order valence-corrected chi connectivity index (χ1v) is 9.86. The predicted octanol–water partition coefficient (Wildman–Crippen LogP) is 1.29. The summed E-state index contributed by atoms with van der Waals surface area (Å²) in [4.78, 5) is 26.5. The van der Waals surface area contributed by atoms with Gasteiger partial charge in [0.25, 0.3) is 0 Å². The lowest BCUT2D eigenvalue weighted by Crippen LogP contribution is -2.48. The molecule has 1 N–H and O–H groups in total. The van der Waals surface area contributed by atoms with Gasteiger partial charge in [-0.15, -0.1) is 0 Å². The number of anilines is 3. The number of para-hydroxylation sites is 1. The Morgan fingerprint density at radius 2 is 1.59 bits per heavy atom. The molecular formula is C19H26N8O2. The summed E-state index contributed by atoms with van der Waals surface area (Å²) >= 11 is 0. The van der Waals surface area contributed by atoms with Crippen molar-refractivity contribution >= 4 is 23.0 Å². The van der Waals surface area contributed by atoms with Crippen molar-refractivity contribution in [3.05, 3.63) is 46.8 Å². The van der Waals surface area contributed by atoms with Gasteiger partial charge in [0.15, 0.2) is 0 Å². The zero-order chi connectivity index (χ0) is 20.2. The summed E-state index contributed by atoms with van der Waals surface area (Å²) < 4.78 is 0. The SMILES string of the molecule is CN1CCN(Nc2ncnc(N3CCN(c4ccccc4)CC3)c2[N+](=O)[O-])CC1. The smallest absolute Gasteiger partial charge is 0.354 e. The molecule has 1 aromatic heterocycles. The van der Waals surface area contributed by atoms with Crippen molar-refractivity contribution in [2.24, 2.45) is 0 Å². The van der Waals surface area contributed by atoms with E-state index in [2.05, 4.69) is 44.4 Å². The molecule has 0 saturated carbocycles.